The summed E-state index contributed by atoms with van der Waals surface area (Å²) < 4.78 is 0. The molecule has 1 amide bonds. The highest BCUT2D eigenvalue weighted by molar-refractivity contribution is 7.80. The minimum absolute atomic E-state index is 0.0367. The summed E-state index contributed by atoms with van der Waals surface area (Å²) in [5.41, 5.74) is 6.49. The second kappa shape index (κ2) is 4.60. The van der Waals surface area contributed by atoms with Crippen LogP contribution >= 0.6 is 12.2 Å². The summed E-state index contributed by atoms with van der Waals surface area (Å²) in [4.78, 5) is 12.7. The third kappa shape index (κ3) is 2.14. The summed E-state index contributed by atoms with van der Waals surface area (Å²) in [6, 6.07) is 10.6. The number of nitrogens with two attached hydrogens (primary N) is 1. The molecule has 0 spiro atoms. The lowest BCUT2D eigenvalue weighted by atomic mass is 9.68. The van der Waals surface area contributed by atoms with Crippen molar-refractivity contribution < 1.29 is 4.79 Å². The fourth-order valence-electron chi connectivity index (χ4n) is 2.85. The summed E-state index contributed by atoms with van der Waals surface area (Å²) in [6.07, 6.45) is 3.66. The van der Waals surface area contributed by atoms with Gasteiger partial charge in [0.1, 0.15) is 0 Å². The Hall–Kier alpha value is -1.42. The van der Waals surface area contributed by atoms with Crippen molar-refractivity contribution in [1.29, 1.82) is 0 Å². The predicted molar refractivity (Wildman–Crippen MR) is 78.8 cm³/mol. The Morgan fingerprint density at radius 2 is 2.00 bits per heavy atom. The number of amides is 1. The Bertz CT molecular complexity index is 510. The number of hydrogen-bond acceptors (Lipinski definition) is 2. The van der Waals surface area contributed by atoms with Gasteiger partial charge in [-0.25, -0.2) is 0 Å². The highest BCUT2D eigenvalue weighted by Gasteiger charge is 2.50. The highest BCUT2D eigenvalue weighted by Crippen LogP contribution is 2.45. The molecule has 4 heteroatoms. The molecule has 2 aliphatic carbocycles. The molecule has 2 atom stereocenters. The first-order valence-corrected chi connectivity index (χ1v) is 7.20. The zero-order chi connectivity index (χ0) is 13.5. The van der Waals surface area contributed by atoms with Crippen molar-refractivity contribution in [2.45, 2.75) is 37.6 Å². The number of carbonyl (C=O) groups is 1. The van der Waals surface area contributed by atoms with E-state index in [1.807, 2.05) is 18.2 Å². The van der Waals surface area contributed by atoms with Crippen molar-refractivity contribution in [2.24, 2.45) is 11.1 Å². The highest BCUT2D eigenvalue weighted by atomic mass is 32.1. The molecule has 0 heterocycles. The normalized spacial score (nSPS) is 27.2. The smallest absolute Gasteiger partial charge is 0.233 e. The van der Waals surface area contributed by atoms with Crippen molar-refractivity contribution in [3.63, 3.8) is 0 Å². The van der Waals surface area contributed by atoms with E-state index in [1.54, 1.807) is 0 Å². The molecular formula is C15H18N2OS. The Morgan fingerprint density at radius 3 is 2.53 bits per heavy atom. The number of hydrogen-bond donors (Lipinski definition) is 2. The zero-order valence-electron chi connectivity index (χ0n) is 10.8. The van der Waals surface area contributed by atoms with Crippen LogP contribution in [0, 0.1) is 5.41 Å². The van der Waals surface area contributed by atoms with Crippen LogP contribution < -0.4 is 11.1 Å². The summed E-state index contributed by atoms with van der Waals surface area (Å²) in [5.74, 6) is 0.489. The molecule has 2 aliphatic rings. The third-order valence-electron chi connectivity index (χ3n) is 4.45. The van der Waals surface area contributed by atoms with Crippen LogP contribution in [0.25, 0.3) is 0 Å². The molecule has 2 fully saturated rings. The fourth-order valence-corrected chi connectivity index (χ4v) is 3.14. The number of benzene rings is 1. The molecule has 100 valence electrons. The van der Waals surface area contributed by atoms with E-state index in [1.165, 1.54) is 5.56 Å². The molecule has 3 nitrogen and oxygen atoms in total. The van der Waals surface area contributed by atoms with Gasteiger partial charge in [0, 0.05) is 12.0 Å². The van der Waals surface area contributed by atoms with Crippen LogP contribution in [0.4, 0.5) is 0 Å². The second-order valence-electron chi connectivity index (χ2n) is 5.63. The lowest BCUT2D eigenvalue weighted by molar-refractivity contribution is -0.131. The van der Waals surface area contributed by atoms with E-state index in [4.69, 9.17) is 18.0 Å². The molecule has 1 aromatic rings. The molecule has 1 aromatic carbocycles. The van der Waals surface area contributed by atoms with Crippen LogP contribution in [0.3, 0.4) is 0 Å². The van der Waals surface area contributed by atoms with E-state index in [2.05, 4.69) is 17.4 Å². The average Bonchev–Trinajstić information content (AvgIpc) is 3.07. The van der Waals surface area contributed by atoms with Gasteiger partial charge in [-0.05, 0) is 24.8 Å². The maximum Gasteiger partial charge on any atom is 0.233 e. The predicted octanol–water partition coefficient (Wildman–Crippen LogP) is 2.12. The summed E-state index contributed by atoms with van der Waals surface area (Å²) in [5, 5.41) is 3.12. The Balaban J connectivity index is 1.62. The summed E-state index contributed by atoms with van der Waals surface area (Å²) in [6.45, 7) is 0. The standard InChI is InChI=1S/C15H18N2OS/c16-13(19)15(7-4-8-15)14(18)17-12-9-11(12)10-5-2-1-3-6-10/h1-3,5-6,11-12H,4,7-9H2,(H2,16,19)(H,17,18). The van der Waals surface area contributed by atoms with Crippen molar-refractivity contribution >= 4 is 23.1 Å². The van der Waals surface area contributed by atoms with E-state index < -0.39 is 5.41 Å². The fraction of sp³-hybridized carbons (Fsp3) is 0.467. The van der Waals surface area contributed by atoms with Crippen molar-refractivity contribution in [3.8, 4) is 0 Å². The van der Waals surface area contributed by atoms with Crippen LogP contribution in [0.5, 0.6) is 0 Å². The van der Waals surface area contributed by atoms with Crippen molar-refractivity contribution in [2.75, 3.05) is 0 Å². The molecular weight excluding hydrogens is 256 g/mol. The van der Waals surface area contributed by atoms with Crippen LogP contribution in [-0.2, 0) is 4.79 Å². The average molecular weight is 274 g/mol. The van der Waals surface area contributed by atoms with Crippen LogP contribution in [0.15, 0.2) is 30.3 Å². The molecule has 19 heavy (non-hydrogen) atoms. The molecule has 3 N–H and O–H groups in total. The topological polar surface area (TPSA) is 55.1 Å². The Morgan fingerprint density at radius 1 is 1.32 bits per heavy atom. The maximum absolute atomic E-state index is 12.3. The summed E-state index contributed by atoms with van der Waals surface area (Å²) >= 11 is 5.07. The van der Waals surface area contributed by atoms with Crippen LogP contribution in [-0.4, -0.2) is 16.9 Å². The zero-order valence-corrected chi connectivity index (χ0v) is 11.6. The molecule has 0 radical (unpaired) electrons. The monoisotopic (exact) mass is 274 g/mol. The number of thiocarbonyl (C=S) groups is 1. The van der Waals surface area contributed by atoms with Crippen LogP contribution in [0.2, 0.25) is 0 Å². The van der Waals surface area contributed by atoms with E-state index in [9.17, 15) is 4.79 Å². The van der Waals surface area contributed by atoms with Gasteiger partial charge in [-0.2, -0.15) is 0 Å². The SMILES string of the molecule is NC(=S)C1(C(=O)NC2CC2c2ccccc2)CCC1. The Labute approximate surface area is 118 Å². The lowest BCUT2D eigenvalue weighted by Gasteiger charge is -2.39. The van der Waals surface area contributed by atoms with Crippen molar-refractivity contribution in [3.05, 3.63) is 35.9 Å². The van der Waals surface area contributed by atoms with E-state index in [0.29, 0.717) is 10.9 Å². The van der Waals surface area contributed by atoms with Gasteiger partial charge in [0.05, 0.1) is 10.4 Å². The van der Waals surface area contributed by atoms with Gasteiger partial charge in [-0.3, -0.25) is 4.79 Å². The van der Waals surface area contributed by atoms with Crippen molar-refractivity contribution in [1.82, 2.24) is 5.32 Å². The number of carbonyl (C=O) groups excluding carboxylic acids is 1. The molecule has 0 saturated heterocycles. The minimum Gasteiger partial charge on any atom is -0.392 e. The van der Waals surface area contributed by atoms with Gasteiger partial charge in [0.2, 0.25) is 5.91 Å². The quantitative estimate of drug-likeness (QED) is 0.827. The van der Waals surface area contributed by atoms with E-state index in [0.717, 1.165) is 25.7 Å². The number of nitrogens with one attached hydrogen (secondary N) is 1. The first-order valence-electron chi connectivity index (χ1n) is 6.79. The first-order chi connectivity index (χ1) is 9.13. The molecule has 3 rings (SSSR count). The van der Waals surface area contributed by atoms with Gasteiger partial charge in [-0.15, -0.1) is 0 Å². The molecule has 0 aromatic heterocycles. The number of rotatable bonds is 4. The van der Waals surface area contributed by atoms with Gasteiger partial charge in [0.15, 0.2) is 0 Å². The van der Waals surface area contributed by atoms with Gasteiger partial charge in [0.25, 0.3) is 0 Å². The maximum atomic E-state index is 12.3. The molecule has 2 saturated carbocycles. The lowest BCUT2D eigenvalue weighted by Crippen LogP contribution is -2.53. The van der Waals surface area contributed by atoms with E-state index >= 15 is 0 Å². The molecule has 2 unspecified atom stereocenters. The minimum atomic E-state index is -0.556. The van der Waals surface area contributed by atoms with Gasteiger partial charge < -0.3 is 11.1 Å². The first kappa shape index (κ1) is 12.6. The Kier molecular flexibility index (Phi) is 3.05. The third-order valence-corrected chi connectivity index (χ3v) is 4.84. The van der Waals surface area contributed by atoms with E-state index in [-0.39, 0.29) is 11.9 Å². The molecule has 0 aliphatic heterocycles. The summed E-state index contributed by atoms with van der Waals surface area (Å²) in [7, 11) is 0. The van der Waals surface area contributed by atoms with Gasteiger partial charge in [-0.1, -0.05) is 49.0 Å². The largest absolute Gasteiger partial charge is 0.392 e. The molecule has 0 bridgehead atoms. The van der Waals surface area contributed by atoms with Crippen LogP contribution in [0.1, 0.15) is 37.2 Å². The second-order valence-corrected chi connectivity index (χ2v) is 6.07. The van der Waals surface area contributed by atoms with Gasteiger partial charge >= 0.3 is 0 Å².